The number of carbonyl (C=O) groups excluding carboxylic acids is 1. The number of benzene rings is 1. The minimum atomic E-state index is -1.80. The van der Waals surface area contributed by atoms with Crippen molar-refractivity contribution < 1.29 is 24.2 Å². The summed E-state index contributed by atoms with van der Waals surface area (Å²) in [6.07, 6.45) is -0.874. The van der Waals surface area contributed by atoms with E-state index in [4.69, 9.17) is 44.3 Å². The molecule has 0 aliphatic rings. The normalized spacial score (nSPS) is 14.1. The molecule has 0 bridgehead atoms. The summed E-state index contributed by atoms with van der Waals surface area (Å²) in [5, 5.41) is 9.58. The fraction of sp³-hybridized carbons (Fsp3) is 0.579. The zero-order valence-electron chi connectivity index (χ0n) is 16.9. The maximum atomic E-state index is 12.8. The van der Waals surface area contributed by atoms with Crippen LogP contribution in [0.5, 0.6) is 5.75 Å². The van der Waals surface area contributed by atoms with Crippen LogP contribution >= 0.6 is 46.6 Å². The maximum Gasteiger partial charge on any atom is 0.411 e. The van der Waals surface area contributed by atoms with Crippen LogP contribution in [0.2, 0.25) is 0 Å². The number of ether oxygens (including phenoxy) is 2. The number of methoxy groups -OCH3 is 1. The molecule has 1 aromatic carbocycles. The number of aliphatic carboxylic acids is 1. The molecular formula is C19H26Cl3NO5S. The summed E-state index contributed by atoms with van der Waals surface area (Å²) in [6.45, 7) is 7.02. The van der Waals surface area contributed by atoms with Gasteiger partial charge in [-0.3, -0.25) is 4.90 Å². The zero-order chi connectivity index (χ0) is 22.4. The number of carboxylic acid groups (broad SMARTS) is 1. The molecule has 2 atom stereocenters. The Morgan fingerprint density at radius 3 is 2.14 bits per heavy atom. The second kappa shape index (κ2) is 10.8. The van der Waals surface area contributed by atoms with Gasteiger partial charge in [-0.15, -0.1) is 0 Å². The first kappa shape index (κ1) is 26.0. The van der Waals surface area contributed by atoms with E-state index in [2.05, 4.69) is 0 Å². The van der Waals surface area contributed by atoms with Crippen molar-refractivity contribution in [3.8, 4) is 5.75 Å². The van der Waals surface area contributed by atoms with Crippen molar-refractivity contribution in [1.29, 1.82) is 0 Å². The first-order valence-electron chi connectivity index (χ1n) is 8.77. The SMILES string of the molecule is COc1ccc([C@H](CSC(C)(C)C)N(C(=O)OCC(Cl)(Cl)Cl)[C@@H](C)C(=O)O)cc1. The Labute approximate surface area is 190 Å². The summed E-state index contributed by atoms with van der Waals surface area (Å²) in [7, 11) is 1.55. The molecule has 1 N–H and O–H groups in total. The van der Waals surface area contributed by atoms with Gasteiger partial charge >= 0.3 is 12.1 Å². The van der Waals surface area contributed by atoms with E-state index in [1.807, 2.05) is 20.8 Å². The van der Waals surface area contributed by atoms with Crippen molar-refractivity contribution in [3.05, 3.63) is 29.8 Å². The Kier molecular flexibility index (Phi) is 9.73. The number of thioether (sulfide) groups is 1. The topological polar surface area (TPSA) is 76.1 Å². The van der Waals surface area contributed by atoms with Gasteiger partial charge in [0.15, 0.2) is 0 Å². The number of hydrogen-bond donors (Lipinski definition) is 1. The quantitative estimate of drug-likeness (QED) is 0.485. The van der Waals surface area contributed by atoms with Gasteiger partial charge in [0, 0.05) is 10.5 Å². The second-order valence-electron chi connectivity index (χ2n) is 7.30. The summed E-state index contributed by atoms with van der Waals surface area (Å²) in [5.74, 6) is -0.0845. The van der Waals surface area contributed by atoms with E-state index in [1.54, 1.807) is 43.1 Å². The average molecular weight is 487 g/mol. The van der Waals surface area contributed by atoms with Gasteiger partial charge in [-0.05, 0) is 24.6 Å². The van der Waals surface area contributed by atoms with E-state index < -0.39 is 34.5 Å². The molecule has 164 valence electrons. The van der Waals surface area contributed by atoms with Crippen LogP contribution in [-0.2, 0) is 9.53 Å². The molecule has 1 aromatic rings. The van der Waals surface area contributed by atoms with Gasteiger partial charge < -0.3 is 14.6 Å². The van der Waals surface area contributed by atoms with E-state index in [0.29, 0.717) is 11.5 Å². The van der Waals surface area contributed by atoms with Gasteiger partial charge in [0.25, 0.3) is 0 Å². The molecule has 0 saturated heterocycles. The van der Waals surface area contributed by atoms with Crippen LogP contribution in [-0.4, -0.2) is 56.1 Å². The largest absolute Gasteiger partial charge is 0.497 e. The summed E-state index contributed by atoms with van der Waals surface area (Å²) >= 11 is 18.6. The summed E-state index contributed by atoms with van der Waals surface area (Å²) in [4.78, 5) is 25.7. The van der Waals surface area contributed by atoms with Crippen LogP contribution in [0.15, 0.2) is 24.3 Å². The predicted molar refractivity (Wildman–Crippen MR) is 119 cm³/mol. The maximum absolute atomic E-state index is 12.8. The molecule has 0 radical (unpaired) electrons. The number of hydrogen-bond acceptors (Lipinski definition) is 5. The van der Waals surface area contributed by atoms with Gasteiger partial charge in [0.05, 0.1) is 13.2 Å². The van der Waals surface area contributed by atoms with Crippen LogP contribution in [0.4, 0.5) is 4.79 Å². The second-order valence-corrected chi connectivity index (χ2v) is 11.7. The van der Waals surface area contributed by atoms with Gasteiger partial charge in [0.1, 0.15) is 18.4 Å². The third-order valence-electron chi connectivity index (χ3n) is 3.86. The molecule has 6 nitrogen and oxygen atoms in total. The average Bonchev–Trinajstić information content (AvgIpc) is 2.61. The monoisotopic (exact) mass is 485 g/mol. The predicted octanol–water partition coefficient (Wildman–Crippen LogP) is 5.55. The molecule has 1 amide bonds. The molecule has 0 aliphatic carbocycles. The van der Waals surface area contributed by atoms with E-state index in [9.17, 15) is 14.7 Å². The molecule has 0 unspecified atom stereocenters. The number of alkyl halides is 3. The smallest absolute Gasteiger partial charge is 0.411 e. The van der Waals surface area contributed by atoms with Crippen molar-refractivity contribution in [2.24, 2.45) is 0 Å². The summed E-state index contributed by atoms with van der Waals surface area (Å²) in [6, 6.07) is 5.33. The molecular weight excluding hydrogens is 461 g/mol. The summed E-state index contributed by atoms with van der Waals surface area (Å²) < 4.78 is 8.39. The van der Waals surface area contributed by atoms with E-state index in [0.717, 1.165) is 5.56 Å². The van der Waals surface area contributed by atoms with E-state index in [1.165, 1.54) is 11.8 Å². The number of rotatable bonds is 8. The highest BCUT2D eigenvalue weighted by molar-refractivity contribution is 8.00. The van der Waals surface area contributed by atoms with Crippen LogP contribution in [0.25, 0.3) is 0 Å². The Bertz CT molecular complexity index is 689. The highest BCUT2D eigenvalue weighted by Crippen LogP contribution is 2.34. The molecule has 0 saturated carbocycles. The number of carboxylic acids is 1. The van der Waals surface area contributed by atoms with E-state index >= 15 is 0 Å². The first-order valence-corrected chi connectivity index (χ1v) is 10.9. The third-order valence-corrected chi connectivity index (χ3v) is 5.53. The molecule has 0 aromatic heterocycles. The number of halogens is 3. The Balaban J connectivity index is 3.31. The lowest BCUT2D eigenvalue weighted by atomic mass is 10.1. The third kappa shape index (κ3) is 9.11. The molecule has 29 heavy (non-hydrogen) atoms. The molecule has 0 aliphatic heterocycles. The van der Waals surface area contributed by atoms with Crippen molar-refractivity contribution >= 4 is 58.6 Å². The Hall–Kier alpha value is -1.02. The highest BCUT2D eigenvalue weighted by atomic mass is 35.6. The van der Waals surface area contributed by atoms with Crippen molar-refractivity contribution in [1.82, 2.24) is 4.90 Å². The lowest BCUT2D eigenvalue weighted by molar-refractivity contribution is -0.142. The minimum Gasteiger partial charge on any atom is -0.497 e. The lowest BCUT2D eigenvalue weighted by Crippen LogP contribution is -2.47. The van der Waals surface area contributed by atoms with Gasteiger partial charge in [-0.2, -0.15) is 11.8 Å². The van der Waals surface area contributed by atoms with Crippen LogP contribution in [0.3, 0.4) is 0 Å². The minimum absolute atomic E-state index is 0.107. The Morgan fingerprint density at radius 1 is 1.17 bits per heavy atom. The summed E-state index contributed by atoms with van der Waals surface area (Å²) in [5.41, 5.74) is 0.737. The first-order chi connectivity index (χ1) is 13.2. The van der Waals surface area contributed by atoms with Crippen LogP contribution in [0.1, 0.15) is 39.3 Å². The van der Waals surface area contributed by atoms with Gasteiger partial charge in [-0.25, -0.2) is 9.59 Å². The molecule has 1 rings (SSSR count). The fourth-order valence-electron chi connectivity index (χ4n) is 2.38. The van der Waals surface area contributed by atoms with Gasteiger partial charge in [-0.1, -0.05) is 67.7 Å². The van der Waals surface area contributed by atoms with Crippen molar-refractivity contribution in [2.75, 3.05) is 19.5 Å². The number of carbonyl (C=O) groups is 2. The molecule has 0 heterocycles. The number of amides is 1. The van der Waals surface area contributed by atoms with Crippen LogP contribution < -0.4 is 4.74 Å². The zero-order valence-corrected chi connectivity index (χ0v) is 20.0. The number of nitrogens with zero attached hydrogens (tertiary/aromatic N) is 1. The molecule has 0 spiro atoms. The lowest BCUT2D eigenvalue weighted by Gasteiger charge is -2.35. The fourth-order valence-corrected chi connectivity index (χ4v) is 3.56. The van der Waals surface area contributed by atoms with Gasteiger partial charge in [0.2, 0.25) is 3.79 Å². The standard InChI is InChI=1S/C19H26Cl3NO5S/c1-12(16(24)25)23(17(26)28-11-19(20,21)22)15(10-29-18(2,3)4)13-6-8-14(27-5)9-7-13/h6-9,12,15H,10-11H2,1-5H3,(H,24,25)/t12-,15-/m0/s1. The highest BCUT2D eigenvalue weighted by Gasteiger charge is 2.36. The van der Waals surface area contributed by atoms with E-state index in [-0.39, 0.29) is 4.75 Å². The molecule has 10 heteroatoms. The van der Waals surface area contributed by atoms with Crippen LogP contribution in [0, 0.1) is 0 Å². The Morgan fingerprint density at radius 2 is 1.72 bits per heavy atom. The molecule has 0 fully saturated rings. The van der Waals surface area contributed by atoms with Crippen molar-refractivity contribution in [2.45, 2.75) is 48.3 Å². The van der Waals surface area contributed by atoms with Crippen molar-refractivity contribution in [3.63, 3.8) is 0 Å².